The predicted octanol–water partition coefficient (Wildman–Crippen LogP) is 5.04. The van der Waals surface area contributed by atoms with Crippen molar-refractivity contribution in [2.45, 2.75) is 84.0 Å². The van der Waals surface area contributed by atoms with E-state index in [1.165, 1.54) is 5.57 Å². The molecule has 0 spiro atoms. The predicted molar refractivity (Wildman–Crippen MR) is 123 cm³/mol. The molecular weight excluding hydrogens is 372 g/mol. The molecule has 0 radical (unpaired) electrons. The van der Waals surface area contributed by atoms with E-state index in [2.05, 4.69) is 44.0 Å². The highest BCUT2D eigenvalue weighted by Crippen LogP contribution is 2.44. The average molecular weight is 413 g/mol. The van der Waals surface area contributed by atoms with Crippen molar-refractivity contribution in [1.29, 1.82) is 0 Å². The first kappa shape index (κ1) is 23.0. The normalized spacial score (nSPS) is 25.9. The number of ether oxygens (including phenoxy) is 1. The molecule has 2 aliphatic rings. The third-order valence-electron chi connectivity index (χ3n) is 6.77. The van der Waals surface area contributed by atoms with Gasteiger partial charge in [-0.05, 0) is 51.0 Å². The molecule has 166 valence electrons. The summed E-state index contributed by atoms with van der Waals surface area (Å²) in [7, 11) is 0. The van der Waals surface area contributed by atoms with Crippen LogP contribution in [-0.4, -0.2) is 42.6 Å². The molecule has 3 rings (SSSR count). The van der Waals surface area contributed by atoms with Crippen LogP contribution in [0, 0.1) is 5.92 Å². The van der Waals surface area contributed by atoms with Crippen molar-refractivity contribution < 1.29 is 9.53 Å². The highest BCUT2D eigenvalue weighted by atomic mass is 16.5. The molecule has 0 saturated carbocycles. The van der Waals surface area contributed by atoms with E-state index in [4.69, 9.17) is 4.74 Å². The van der Waals surface area contributed by atoms with E-state index in [1.807, 2.05) is 30.3 Å². The molecule has 1 aromatic carbocycles. The van der Waals surface area contributed by atoms with Crippen molar-refractivity contribution in [3.63, 3.8) is 0 Å². The summed E-state index contributed by atoms with van der Waals surface area (Å²) in [6.45, 7) is 12.0. The molecule has 4 nitrogen and oxygen atoms in total. The van der Waals surface area contributed by atoms with E-state index >= 15 is 0 Å². The Bertz CT molecular complexity index is 697. The maximum atomic E-state index is 13.4. The van der Waals surface area contributed by atoms with Crippen LogP contribution in [0.25, 0.3) is 0 Å². The summed E-state index contributed by atoms with van der Waals surface area (Å²) in [6, 6.07) is 10.3. The van der Waals surface area contributed by atoms with Crippen LogP contribution in [0.1, 0.15) is 71.8 Å². The van der Waals surface area contributed by atoms with Crippen LogP contribution in [0.2, 0.25) is 0 Å². The fourth-order valence-electron chi connectivity index (χ4n) is 4.65. The lowest BCUT2D eigenvalue weighted by Gasteiger charge is -2.48. The highest BCUT2D eigenvalue weighted by Gasteiger charge is 2.53. The van der Waals surface area contributed by atoms with Crippen LogP contribution in [0.3, 0.4) is 0 Å². The summed E-state index contributed by atoms with van der Waals surface area (Å²) in [4.78, 5) is 15.9. The first-order valence-corrected chi connectivity index (χ1v) is 11.8. The van der Waals surface area contributed by atoms with Crippen LogP contribution in [0.5, 0.6) is 0 Å². The van der Waals surface area contributed by atoms with Gasteiger partial charge in [-0.15, -0.1) is 0 Å². The third kappa shape index (κ3) is 5.73. The van der Waals surface area contributed by atoms with Crippen molar-refractivity contribution in [2.75, 3.05) is 19.6 Å². The van der Waals surface area contributed by atoms with E-state index < -0.39 is 5.60 Å². The second-order valence-electron chi connectivity index (χ2n) is 9.55. The van der Waals surface area contributed by atoms with Crippen LogP contribution >= 0.6 is 0 Å². The molecule has 3 atom stereocenters. The van der Waals surface area contributed by atoms with Gasteiger partial charge in [0.05, 0.1) is 6.10 Å². The lowest BCUT2D eigenvalue weighted by atomic mass is 9.78. The number of rotatable bonds is 9. The van der Waals surface area contributed by atoms with Crippen molar-refractivity contribution >= 4 is 5.91 Å². The van der Waals surface area contributed by atoms with Gasteiger partial charge in [-0.25, -0.2) is 0 Å². The molecule has 0 bridgehead atoms. The van der Waals surface area contributed by atoms with E-state index in [-0.39, 0.29) is 18.1 Å². The Balaban J connectivity index is 1.56. The second kappa shape index (κ2) is 10.6. The zero-order chi connectivity index (χ0) is 21.6. The maximum absolute atomic E-state index is 13.4. The minimum Gasteiger partial charge on any atom is -0.357 e. The van der Waals surface area contributed by atoms with Crippen molar-refractivity contribution in [3.8, 4) is 0 Å². The number of piperidine rings is 1. The molecule has 2 fully saturated rings. The minimum atomic E-state index is -0.806. The Morgan fingerprint density at radius 1 is 1.27 bits per heavy atom. The van der Waals surface area contributed by atoms with E-state index in [1.54, 1.807) is 0 Å². The van der Waals surface area contributed by atoms with Crippen LogP contribution in [0.15, 0.2) is 42.0 Å². The van der Waals surface area contributed by atoms with Crippen LogP contribution in [0.4, 0.5) is 0 Å². The van der Waals surface area contributed by atoms with Gasteiger partial charge in [0.25, 0.3) is 5.91 Å². The largest absolute Gasteiger partial charge is 0.357 e. The molecule has 1 unspecified atom stereocenters. The first-order chi connectivity index (χ1) is 14.4. The topological polar surface area (TPSA) is 41.6 Å². The third-order valence-corrected chi connectivity index (χ3v) is 6.77. The minimum absolute atomic E-state index is 0.0529. The van der Waals surface area contributed by atoms with Gasteiger partial charge in [-0.1, -0.05) is 62.2 Å². The number of hydrogen-bond acceptors (Lipinski definition) is 3. The number of nitrogens with zero attached hydrogens (tertiary/aromatic N) is 1. The highest BCUT2D eigenvalue weighted by molar-refractivity contribution is 5.87. The molecule has 0 aliphatic carbocycles. The molecule has 0 aromatic heterocycles. The zero-order valence-electron chi connectivity index (χ0n) is 19.3. The molecular formula is C26H40N2O2. The Hall–Kier alpha value is -1.65. The van der Waals surface area contributed by atoms with Gasteiger partial charge < -0.3 is 15.0 Å². The van der Waals surface area contributed by atoms with Crippen molar-refractivity contribution in [2.24, 2.45) is 5.92 Å². The smallest absolute Gasteiger partial charge is 0.257 e. The Morgan fingerprint density at radius 2 is 1.93 bits per heavy atom. The van der Waals surface area contributed by atoms with Crippen molar-refractivity contribution in [3.05, 3.63) is 47.5 Å². The van der Waals surface area contributed by atoms with E-state index in [0.29, 0.717) is 5.92 Å². The number of benzene rings is 1. The monoisotopic (exact) mass is 412 g/mol. The summed E-state index contributed by atoms with van der Waals surface area (Å²) in [5.41, 5.74) is 1.57. The van der Waals surface area contributed by atoms with Crippen LogP contribution < -0.4 is 5.32 Å². The number of carbonyl (C=O) groups is 1. The van der Waals surface area contributed by atoms with Gasteiger partial charge in [-0.3, -0.25) is 4.79 Å². The Morgan fingerprint density at radius 3 is 2.53 bits per heavy atom. The number of amides is 1. The van der Waals surface area contributed by atoms with Gasteiger partial charge in [0.2, 0.25) is 0 Å². The molecule has 1 aromatic rings. The number of hydrogen-bond donors (Lipinski definition) is 1. The average Bonchev–Trinajstić information content (AvgIpc) is 2.71. The fraction of sp³-hybridized carbons (Fsp3) is 0.654. The van der Waals surface area contributed by atoms with Gasteiger partial charge in [-0.2, -0.15) is 0 Å². The van der Waals surface area contributed by atoms with Crippen molar-refractivity contribution in [1.82, 2.24) is 10.2 Å². The molecule has 2 saturated heterocycles. The lowest BCUT2D eigenvalue weighted by molar-refractivity contribution is -0.218. The van der Waals surface area contributed by atoms with E-state index in [0.717, 1.165) is 63.7 Å². The molecule has 2 heterocycles. The number of allylic oxidation sites excluding steroid dienone is 1. The van der Waals surface area contributed by atoms with Gasteiger partial charge in [0, 0.05) is 32.1 Å². The Kier molecular flexibility index (Phi) is 8.13. The Labute approximate surface area is 183 Å². The molecule has 1 N–H and O–H groups in total. The summed E-state index contributed by atoms with van der Waals surface area (Å²) >= 11 is 0. The summed E-state index contributed by atoms with van der Waals surface area (Å²) in [6.07, 6.45) is 8.60. The zero-order valence-corrected chi connectivity index (χ0v) is 19.3. The summed E-state index contributed by atoms with van der Waals surface area (Å²) in [5, 5.41) is 3.34. The molecule has 2 aliphatic heterocycles. The molecule has 30 heavy (non-hydrogen) atoms. The van der Waals surface area contributed by atoms with E-state index in [9.17, 15) is 4.79 Å². The lowest BCUT2D eigenvalue weighted by Crippen LogP contribution is -2.60. The second-order valence-corrected chi connectivity index (χ2v) is 9.55. The molecule has 1 amide bonds. The van der Waals surface area contributed by atoms with Gasteiger partial charge in [0.1, 0.15) is 0 Å². The summed E-state index contributed by atoms with van der Waals surface area (Å²) in [5.74, 6) is 0.680. The fourth-order valence-corrected chi connectivity index (χ4v) is 4.65. The van der Waals surface area contributed by atoms with Gasteiger partial charge in [0.15, 0.2) is 5.60 Å². The molecule has 4 heteroatoms. The number of likely N-dealkylation sites (tertiary alicyclic amines) is 1. The summed E-state index contributed by atoms with van der Waals surface area (Å²) < 4.78 is 6.36. The standard InChI is InChI=1S/C26H40N2O2/c1-5-21(4)18-24-19-26(30-24,22-11-7-6-8-12-22)25(29)27-23-13-16-28(17-14-23)15-9-10-20(2)3/h6-8,10-12,21,23-24H,5,9,13-19H2,1-4H3,(H,27,29)/t21-,24?,26-/m1/s1. The SMILES string of the molecule is CC[C@@H](C)CC1C[C@](C(=O)NC2CCN(CCC=C(C)C)CC2)(c2ccccc2)O1. The maximum Gasteiger partial charge on any atom is 0.257 e. The number of nitrogens with one attached hydrogen (secondary N) is 1. The number of carbonyl (C=O) groups excluding carboxylic acids is 1. The first-order valence-electron chi connectivity index (χ1n) is 11.8. The quantitative estimate of drug-likeness (QED) is 0.578. The van der Waals surface area contributed by atoms with Crippen LogP contribution in [-0.2, 0) is 15.1 Å². The van der Waals surface area contributed by atoms with Gasteiger partial charge >= 0.3 is 0 Å².